The minimum atomic E-state index is 0.544. The fourth-order valence-electron chi connectivity index (χ4n) is 2.39. The van der Waals surface area contributed by atoms with Crippen LogP contribution >= 0.6 is 0 Å². The summed E-state index contributed by atoms with van der Waals surface area (Å²) in [6, 6.07) is 0.702. The van der Waals surface area contributed by atoms with Gasteiger partial charge in [-0.3, -0.25) is 4.68 Å². The molecule has 1 heterocycles. The Morgan fingerprint density at radius 2 is 1.73 bits per heavy atom. The Hall–Kier alpha value is -0.790. The van der Waals surface area contributed by atoms with E-state index in [1.165, 1.54) is 29.8 Å². The second kappa shape index (κ2) is 3.66. The van der Waals surface area contributed by atoms with Crippen molar-refractivity contribution in [1.29, 1.82) is 0 Å². The van der Waals surface area contributed by atoms with Gasteiger partial charge in [0.1, 0.15) is 0 Å². The van der Waals surface area contributed by atoms with Gasteiger partial charge in [0, 0.05) is 5.69 Å². The number of rotatable bonds is 3. The van der Waals surface area contributed by atoms with E-state index >= 15 is 0 Å². The molecule has 0 spiro atoms. The molecule has 0 aliphatic heterocycles. The molecule has 1 aromatic rings. The average molecular weight is 206 g/mol. The van der Waals surface area contributed by atoms with Crippen molar-refractivity contribution < 1.29 is 0 Å². The number of nitrogens with zero attached hydrogens (tertiary/aromatic N) is 2. The molecule has 15 heavy (non-hydrogen) atoms. The van der Waals surface area contributed by atoms with E-state index in [4.69, 9.17) is 5.10 Å². The van der Waals surface area contributed by atoms with E-state index in [2.05, 4.69) is 39.3 Å². The Morgan fingerprint density at radius 3 is 2.13 bits per heavy atom. The minimum absolute atomic E-state index is 0.544. The van der Waals surface area contributed by atoms with Crippen LogP contribution in [0.4, 0.5) is 0 Å². The molecule has 1 aromatic heterocycles. The van der Waals surface area contributed by atoms with Crippen LogP contribution in [0.5, 0.6) is 0 Å². The molecule has 0 unspecified atom stereocenters. The van der Waals surface area contributed by atoms with Crippen LogP contribution in [-0.2, 0) is 0 Å². The monoisotopic (exact) mass is 206 g/mol. The molecule has 84 valence electrons. The second-order valence-corrected chi connectivity index (χ2v) is 5.38. The summed E-state index contributed by atoms with van der Waals surface area (Å²) in [4.78, 5) is 0. The summed E-state index contributed by atoms with van der Waals surface area (Å²) < 4.78 is 2.30. The van der Waals surface area contributed by atoms with E-state index in [9.17, 15) is 0 Å². The van der Waals surface area contributed by atoms with Crippen molar-refractivity contribution in [1.82, 2.24) is 9.78 Å². The van der Waals surface area contributed by atoms with Gasteiger partial charge in [-0.05, 0) is 37.2 Å². The molecule has 2 rings (SSSR count). The van der Waals surface area contributed by atoms with E-state index in [0.29, 0.717) is 17.9 Å². The first-order valence-electron chi connectivity index (χ1n) is 6.11. The van der Waals surface area contributed by atoms with Gasteiger partial charge in [0.15, 0.2) is 0 Å². The molecular formula is C13H22N2. The van der Waals surface area contributed by atoms with Crippen molar-refractivity contribution in [3.63, 3.8) is 0 Å². The average Bonchev–Trinajstić information content (AvgIpc) is 2.89. The van der Waals surface area contributed by atoms with Crippen LogP contribution in [-0.4, -0.2) is 9.78 Å². The number of hydrogen-bond acceptors (Lipinski definition) is 1. The van der Waals surface area contributed by atoms with E-state index in [-0.39, 0.29) is 0 Å². The fourth-order valence-corrected chi connectivity index (χ4v) is 2.39. The van der Waals surface area contributed by atoms with Crippen molar-refractivity contribution >= 4 is 0 Å². The van der Waals surface area contributed by atoms with Gasteiger partial charge in [-0.25, -0.2) is 0 Å². The molecule has 2 nitrogen and oxygen atoms in total. The molecule has 1 fully saturated rings. The molecule has 1 aliphatic rings. The van der Waals surface area contributed by atoms with Crippen molar-refractivity contribution in [3.05, 3.63) is 17.0 Å². The summed E-state index contributed by atoms with van der Waals surface area (Å²) in [7, 11) is 0. The molecule has 0 bridgehead atoms. The predicted octanol–water partition coefficient (Wildman–Crippen LogP) is 3.77. The third-order valence-electron chi connectivity index (χ3n) is 3.22. The standard InChI is InChI=1S/C13H22N2/c1-8(2)12-10(5)13(9(3)4)15(14-12)11-6-7-11/h8-9,11H,6-7H2,1-5H3. The number of hydrogen-bond donors (Lipinski definition) is 0. The summed E-state index contributed by atoms with van der Waals surface area (Å²) in [6.45, 7) is 11.2. The van der Waals surface area contributed by atoms with Gasteiger partial charge in [0.25, 0.3) is 0 Å². The zero-order chi connectivity index (χ0) is 11.2. The lowest BCUT2D eigenvalue weighted by atomic mass is 10.00. The molecule has 2 heteroatoms. The fraction of sp³-hybridized carbons (Fsp3) is 0.769. The molecule has 0 aromatic carbocycles. The molecule has 1 aliphatic carbocycles. The molecule has 0 radical (unpaired) electrons. The lowest BCUT2D eigenvalue weighted by Gasteiger charge is -2.10. The van der Waals surface area contributed by atoms with Gasteiger partial charge < -0.3 is 0 Å². The lowest BCUT2D eigenvalue weighted by Crippen LogP contribution is -2.04. The summed E-state index contributed by atoms with van der Waals surface area (Å²) in [5, 5.41) is 4.81. The van der Waals surface area contributed by atoms with Crippen LogP contribution in [0.15, 0.2) is 0 Å². The largest absolute Gasteiger partial charge is 0.266 e. The van der Waals surface area contributed by atoms with E-state index in [0.717, 1.165) is 0 Å². The third-order valence-corrected chi connectivity index (χ3v) is 3.22. The number of aromatic nitrogens is 2. The van der Waals surface area contributed by atoms with Gasteiger partial charge in [-0.15, -0.1) is 0 Å². The highest BCUT2D eigenvalue weighted by Gasteiger charge is 2.30. The summed E-state index contributed by atoms with van der Waals surface area (Å²) in [5.74, 6) is 1.13. The molecule has 0 atom stereocenters. The maximum absolute atomic E-state index is 4.81. The molecule has 0 saturated heterocycles. The predicted molar refractivity (Wildman–Crippen MR) is 63.4 cm³/mol. The quantitative estimate of drug-likeness (QED) is 0.736. The first-order valence-corrected chi connectivity index (χ1v) is 6.11. The van der Waals surface area contributed by atoms with Crippen LogP contribution < -0.4 is 0 Å². The highest BCUT2D eigenvalue weighted by Crippen LogP contribution is 2.39. The van der Waals surface area contributed by atoms with Gasteiger partial charge >= 0.3 is 0 Å². The van der Waals surface area contributed by atoms with E-state index in [1.54, 1.807) is 0 Å². The normalized spacial score (nSPS) is 16.7. The van der Waals surface area contributed by atoms with E-state index in [1.807, 2.05) is 0 Å². The Labute approximate surface area is 92.7 Å². The first-order chi connectivity index (χ1) is 7.02. The molecule has 1 saturated carbocycles. The lowest BCUT2D eigenvalue weighted by molar-refractivity contribution is 0.572. The summed E-state index contributed by atoms with van der Waals surface area (Å²) in [6.07, 6.45) is 2.64. The smallest absolute Gasteiger partial charge is 0.0682 e. The molecule has 0 N–H and O–H groups in total. The Morgan fingerprint density at radius 1 is 1.13 bits per heavy atom. The van der Waals surface area contributed by atoms with Crippen molar-refractivity contribution in [2.75, 3.05) is 0 Å². The third kappa shape index (κ3) is 1.82. The summed E-state index contributed by atoms with van der Waals surface area (Å²) in [5.41, 5.74) is 4.18. The van der Waals surface area contributed by atoms with Crippen LogP contribution in [0.3, 0.4) is 0 Å². The summed E-state index contributed by atoms with van der Waals surface area (Å²) >= 11 is 0. The minimum Gasteiger partial charge on any atom is -0.266 e. The molecular weight excluding hydrogens is 184 g/mol. The highest BCUT2D eigenvalue weighted by atomic mass is 15.3. The maximum Gasteiger partial charge on any atom is 0.0682 e. The highest BCUT2D eigenvalue weighted by molar-refractivity contribution is 5.30. The van der Waals surface area contributed by atoms with Crippen LogP contribution in [0.2, 0.25) is 0 Å². The van der Waals surface area contributed by atoms with Gasteiger partial charge in [0.2, 0.25) is 0 Å². The van der Waals surface area contributed by atoms with Crippen molar-refractivity contribution in [3.8, 4) is 0 Å². The zero-order valence-electron chi connectivity index (χ0n) is 10.5. The SMILES string of the molecule is Cc1c(C(C)C)nn(C2CC2)c1C(C)C. The van der Waals surface area contributed by atoms with Gasteiger partial charge in [-0.2, -0.15) is 5.10 Å². The Kier molecular flexibility index (Phi) is 2.61. The zero-order valence-corrected chi connectivity index (χ0v) is 10.5. The van der Waals surface area contributed by atoms with Gasteiger partial charge in [0.05, 0.1) is 11.7 Å². The maximum atomic E-state index is 4.81. The van der Waals surface area contributed by atoms with Crippen LogP contribution in [0, 0.1) is 6.92 Å². The first kappa shape index (κ1) is 10.7. The molecule has 0 amide bonds. The second-order valence-electron chi connectivity index (χ2n) is 5.38. The Balaban J connectivity index is 2.48. The Bertz CT molecular complexity index is 357. The van der Waals surface area contributed by atoms with E-state index < -0.39 is 0 Å². The topological polar surface area (TPSA) is 17.8 Å². The van der Waals surface area contributed by atoms with Crippen molar-refractivity contribution in [2.45, 2.75) is 65.3 Å². The van der Waals surface area contributed by atoms with Crippen molar-refractivity contribution in [2.24, 2.45) is 0 Å². The van der Waals surface area contributed by atoms with Crippen LogP contribution in [0.1, 0.15) is 75.4 Å². The van der Waals surface area contributed by atoms with Crippen LogP contribution in [0.25, 0.3) is 0 Å². The van der Waals surface area contributed by atoms with Gasteiger partial charge in [-0.1, -0.05) is 27.7 Å².